The van der Waals surface area contributed by atoms with E-state index in [0.29, 0.717) is 32.4 Å². The zero-order chi connectivity index (χ0) is 14.7. The predicted molar refractivity (Wildman–Crippen MR) is 76.6 cm³/mol. The molecule has 1 fully saturated rings. The third-order valence-corrected chi connectivity index (χ3v) is 4.04. The van der Waals surface area contributed by atoms with Crippen molar-refractivity contribution in [1.82, 2.24) is 4.90 Å². The monoisotopic (exact) mass is 275 g/mol. The molecule has 0 atom stereocenters. The first kappa shape index (κ1) is 14.6. The number of carbonyl (C=O) groups is 2. The molecule has 1 aromatic carbocycles. The molecule has 0 unspecified atom stereocenters. The predicted octanol–water partition coefficient (Wildman–Crippen LogP) is 2.17. The Kier molecular flexibility index (Phi) is 4.42. The van der Waals surface area contributed by atoms with Gasteiger partial charge in [0.1, 0.15) is 0 Å². The summed E-state index contributed by atoms with van der Waals surface area (Å²) in [5.41, 5.74) is 3.39. The summed E-state index contributed by atoms with van der Waals surface area (Å²) in [7, 11) is 0. The SMILES string of the molecule is Cc1ccc(CC(=O)N2CCC(C(=O)O)CC2)c(C)c1. The third kappa shape index (κ3) is 3.38. The highest BCUT2D eigenvalue weighted by molar-refractivity contribution is 5.79. The smallest absolute Gasteiger partial charge is 0.306 e. The van der Waals surface area contributed by atoms with Gasteiger partial charge in [-0.2, -0.15) is 0 Å². The van der Waals surface area contributed by atoms with Gasteiger partial charge in [-0.1, -0.05) is 23.8 Å². The number of rotatable bonds is 3. The number of likely N-dealkylation sites (tertiary alicyclic amines) is 1. The second kappa shape index (κ2) is 6.07. The quantitative estimate of drug-likeness (QED) is 0.919. The Labute approximate surface area is 119 Å². The van der Waals surface area contributed by atoms with Crippen molar-refractivity contribution in [2.24, 2.45) is 5.92 Å². The molecule has 4 nitrogen and oxygen atoms in total. The molecule has 1 N–H and O–H groups in total. The van der Waals surface area contributed by atoms with Crippen LogP contribution in [0.4, 0.5) is 0 Å². The average Bonchev–Trinajstić information content (AvgIpc) is 2.42. The summed E-state index contributed by atoms with van der Waals surface area (Å²) in [6.07, 6.45) is 1.53. The number of nitrogens with zero attached hydrogens (tertiary/aromatic N) is 1. The normalized spacial score (nSPS) is 16.2. The van der Waals surface area contributed by atoms with E-state index in [9.17, 15) is 9.59 Å². The zero-order valence-corrected chi connectivity index (χ0v) is 12.1. The van der Waals surface area contributed by atoms with Gasteiger partial charge in [-0.25, -0.2) is 0 Å². The number of carboxylic acid groups (broad SMARTS) is 1. The average molecular weight is 275 g/mol. The van der Waals surface area contributed by atoms with Gasteiger partial charge in [-0.15, -0.1) is 0 Å². The van der Waals surface area contributed by atoms with Gasteiger partial charge < -0.3 is 10.0 Å². The molecule has 108 valence electrons. The summed E-state index contributed by atoms with van der Waals surface area (Å²) in [6.45, 7) is 5.17. The number of aryl methyl sites for hydroxylation is 2. The summed E-state index contributed by atoms with van der Waals surface area (Å²) in [5.74, 6) is -0.938. The number of carbonyl (C=O) groups excluding carboxylic acids is 1. The molecule has 1 aliphatic heterocycles. The maximum Gasteiger partial charge on any atom is 0.306 e. The fourth-order valence-corrected chi connectivity index (χ4v) is 2.69. The van der Waals surface area contributed by atoms with Crippen molar-refractivity contribution in [3.05, 3.63) is 34.9 Å². The summed E-state index contributed by atoms with van der Waals surface area (Å²) >= 11 is 0. The minimum Gasteiger partial charge on any atom is -0.481 e. The number of carboxylic acids is 1. The first-order valence-corrected chi connectivity index (χ1v) is 7.04. The van der Waals surface area contributed by atoms with Gasteiger partial charge in [0.2, 0.25) is 5.91 Å². The van der Waals surface area contributed by atoms with Crippen molar-refractivity contribution >= 4 is 11.9 Å². The number of benzene rings is 1. The fourth-order valence-electron chi connectivity index (χ4n) is 2.69. The molecule has 2 rings (SSSR count). The zero-order valence-electron chi connectivity index (χ0n) is 12.1. The van der Waals surface area contributed by atoms with Crippen molar-refractivity contribution in [3.63, 3.8) is 0 Å². The second-order valence-corrected chi connectivity index (χ2v) is 5.60. The summed E-state index contributed by atoms with van der Waals surface area (Å²) in [5, 5.41) is 8.96. The van der Waals surface area contributed by atoms with Crippen LogP contribution in [0.1, 0.15) is 29.5 Å². The van der Waals surface area contributed by atoms with E-state index >= 15 is 0 Å². The van der Waals surface area contributed by atoms with E-state index in [1.54, 1.807) is 4.90 Å². The molecule has 1 aromatic rings. The molecule has 0 bridgehead atoms. The Balaban J connectivity index is 1.94. The molecule has 1 aliphatic rings. The topological polar surface area (TPSA) is 57.6 Å². The van der Waals surface area contributed by atoms with Crippen LogP contribution < -0.4 is 0 Å². The number of hydrogen-bond donors (Lipinski definition) is 1. The minimum atomic E-state index is -0.744. The van der Waals surface area contributed by atoms with Gasteiger partial charge >= 0.3 is 5.97 Å². The highest BCUT2D eigenvalue weighted by atomic mass is 16.4. The highest BCUT2D eigenvalue weighted by Gasteiger charge is 2.26. The summed E-state index contributed by atoms with van der Waals surface area (Å²) in [6, 6.07) is 6.11. The van der Waals surface area contributed by atoms with Gasteiger partial charge in [-0.3, -0.25) is 9.59 Å². The van der Waals surface area contributed by atoms with Crippen molar-refractivity contribution < 1.29 is 14.7 Å². The number of amides is 1. The molecule has 1 amide bonds. The Morgan fingerprint density at radius 2 is 1.90 bits per heavy atom. The molecular formula is C16H21NO3. The molecule has 0 radical (unpaired) electrons. The Morgan fingerprint density at radius 1 is 1.25 bits per heavy atom. The van der Waals surface area contributed by atoms with Gasteiger partial charge in [0.15, 0.2) is 0 Å². The number of hydrogen-bond acceptors (Lipinski definition) is 2. The lowest BCUT2D eigenvalue weighted by Crippen LogP contribution is -2.41. The maximum atomic E-state index is 12.3. The molecule has 0 aliphatic carbocycles. The van der Waals surface area contributed by atoms with Crippen molar-refractivity contribution in [1.29, 1.82) is 0 Å². The van der Waals surface area contributed by atoms with Crippen molar-refractivity contribution in [2.45, 2.75) is 33.1 Å². The lowest BCUT2D eigenvalue weighted by atomic mass is 9.96. The second-order valence-electron chi connectivity index (χ2n) is 5.60. The van der Waals surface area contributed by atoms with E-state index in [1.807, 2.05) is 26.0 Å². The first-order chi connectivity index (χ1) is 9.47. The van der Waals surface area contributed by atoms with Crippen molar-refractivity contribution in [2.75, 3.05) is 13.1 Å². The molecule has 1 saturated heterocycles. The molecular weight excluding hydrogens is 254 g/mol. The maximum absolute atomic E-state index is 12.3. The first-order valence-electron chi connectivity index (χ1n) is 7.04. The molecule has 0 saturated carbocycles. The molecule has 4 heteroatoms. The van der Waals surface area contributed by atoms with Gasteiger partial charge in [0, 0.05) is 13.1 Å². The van der Waals surface area contributed by atoms with Crippen LogP contribution in [0.15, 0.2) is 18.2 Å². The van der Waals surface area contributed by atoms with Crippen LogP contribution >= 0.6 is 0 Å². The van der Waals surface area contributed by atoms with E-state index in [0.717, 1.165) is 11.1 Å². The Hall–Kier alpha value is -1.84. The van der Waals surface area contributed by atoms with E-state index in [-0.39, 0.29) is 11.8 Å². The Morgan fingerprint density at radius 3 is 2.45 bits per heavy atom. The molecule has 0 spiro atoms. The van der Waals surface area contributed by atoms with Gasteiger partial charge in [-0.05, 0) is 37.8 Å². The molecule has 0 aromatic heterocycles. The van der Waals surface area contributed by atoms with E-state index in [4.69, 9.17) is 5.11 Å². The third-order valence-electron chi connectivity index (χ3n) is 4.04. The van der Waals surface area contributed by atoms with Crippen LogP contribution in [-0.4, -0.2) is 35.0 Å². The van der Waals surface area contributed by atoms with Crippen LogP contribution in [0, 0.1) is 19.8 Å². The summed E-state index contributed by atoms with van der Waals surface area (Å²) in [4.78, 5) is 24.9. The number of aliphatic carboxylic acids is 1. The Bertz CT molecular complexity index is 516. The van der Waals surface area contributed by atoms with Crippen LogP contribution in [0.25, 0.3) is 0 Å². The van der Waals surface area contributed by atoms with Crippen LogP contribution in [0.3, 0.4) is 0 Å². The van der Waals surface area contributed by atoms with Crippen LogP contribution in [-0.2, 0) is 16.0 Å². The molecule has 1 heterocycles. The highest BCUT2D eigenvalue weighted by Crippen LogP contribution is 2.19. The number of piperidine rings is 1. The molecule has 20 heavy (non-hydrogen) atoms. The fraction of sp³-hybridized carbons (Fsp3) is 0.500. The van der Waals surface area contributed by atoms with E-state index in [1.165, 1.54) is 5.56 Å². The minimum absolute atomic E-state index is 0.0980. The summed E-state index contributed by atoms with van der Waals surface area (Å²) < 4.78 is 0. The van der Waals surface area contributed by atoms with E-state index in [2.05, 4.69) is 6.07 Å². The standard InChI is InChI=1S/C16H21NO3/c1-11-3-4-14(12(2)9-11)10-15(18)17-7-5-13(6-8-17)16(19)20/h3-4,9,13H,5-8,10H2,1-2H3,(H,19,20). The van der Waals surface area contributed by atoms with E-state index < -0.39 is 5.97 Å². The largest absolute Gasteiger partial charge is 0.481 e. The van der Waals surface area contributed by atoms with Crippen LogP contribution in [0.5, 0.6) is 0 Å². The lowest BCUT2D eigenvalue weighted by molar-refractivity contribution is -0.145. The van der Waals surface area contributed by atoms with Crippen molar-refractivity contribution in [3.8, 4) is 0 Å². The van der Waals surface area contributed by atoms with Crippen LogP contribution in [0.2, 0.25) is 0 Å². The lowest BCUT2D eigenvalue weighted by Gasteiger charge is -2.30. The van der Waals surface area contributed by atoms with Gasteiger partial charge in [0.25, 0.3) is 0 Å². The van der Waals surface area contributed by atoms with Gasteiger partial charge in [0.05, 0.1) is 12.3 Å².